The lowest BCUT2D eigenvalue weighted by molar-refractivity contribution is -0.145. The summed E-state index contributed by atoms with van der Waals surface area (Å²) in [5.41, 5.74) is 22.9. The van der Waals surface area contributed by atoms with Crippen molar-refractivity contribution in [3.05, 3.63) is 57.8 Å². The number of aliphatic imine (C=N–C) groups is 2. The van der Waals surface area contributed by atoms with Gasteiger partial charge >= 0.3 is 11.9 Å². The summed E-state index contributed by atoms with van der Waals surface area (Å²) in [6.45, 7) is 7.10. The van der Waals surface area contributed by atoms with Crippen molar-refractivity contribution in [1.29, 1.82) is 0 Å². The van der Waals surface area contributed by atoms with Crippen LogP contribution in [-0.4, -0.2) is 101 Å². The van der Waals surface area contributed by atoms with Crippen molar-refractivity contribution in [2.45, 2.75) is 65.5 Å². The van der Waals surface area contributed by atoms with Crippen molar-refractivity contribution in [3.8, 4) is 23.0 Å². The number of esters is 2. The molecule has 0 aliphatic carbocycles. The molecule has 0 aliphatic heterocycles. The number of carbonyl (C=O) groups is 4. The highest BCUT2D eigenvalue weighted by atomic mass is 16.5. The number of guanidine groups is 2. The van der Waals surface area contributed by atoms with E-state index in [1.165, 1.54) is 38.5 Å². The number of ether oxygens (including phenoxy) is 6. The molecule has 3 rings (SSSR count). The van der Waals surface area contributed by atoms with E-state index in [-0.39, 0.29) is 96.0 Å². The topological polar surface area (TPSA) is 307 Å². The molecule has 0 radical (unpaired) electrons. The molecule has 1 heterocycles. The smallest absolute Gasteiger partial charge is 0.328 e. The van der Waals surface area contributed by atoms with Gasteiger partial charge in [-0.1, -0.05) is 11.1 Å². The number of nitrogens with two attached hydrogens (primary N) is 4. The molecular weight excluding hydrogens is 796 g/mol. The third kappa shape index (κ3) is 15.9. The van der Waals surface area contributed by atoms with Gasteiger partial charge in [0.15, 0.2) is 25.1 Å². The molecular formula is C41H56N8O12. The van der Waals surface area contributed by atoms with Crippen LogP contribution in [0.1, 0.15) is 53.4 Å². The van der Waals surface area contributed by atoms with Crippen molar-refractivity contribution in [2.24, 2.45) is 32.9 Å². The number of hydrogen-bond acceptors (Lipinski definition) is 14. The normalized spacial score (nSPS) is 11.6. The van der Waals surface area contributed by atoms with E-state index in [2.05, 4.69) is 20.6 Å². The number of hydrogen-bond donors (Lipinski definition) is 6. The van der Waals surface area contributed by atoms with E-state index in [9.17, 15) is 24.0 Å². The van der Waals surface area contributed by atoms with Crippen LogP contribution < -0.4 is 57.9 Å². The summed E-state index contributed by atoms with van der Waals surface area (Å²) >= 11 is 0. The summed E-state index contributed by atoms with van der Waals surface area (Å²) in [7, 11) is 2.37. The zero-order valence-corrected chi connectivity index (χ0v) is 35.3. The number of amides is 2. The van der Waals surface area contributed by atoms with E-state index >= 15 is 0 Å². The van der Waals surface area contributed by atoms with E-state index in [4.69, 9.17) is 55.8 Å². The van der Waals surface area contributed by atoms with Crippen molar-refractivity contribution in [1.82, 2.24) is 10.6 Å². The van der Waals surface area contributed by atoms with E-state index in [1.807, 2.05) is 39.8 Å². The lowest BCUT2D eigenvalue weighted by atomic mass is 10.1. The minimum atomic E-state index is -1.04. The molecule has 3 aromatic rings. The highest BCUT2D eigenvalue weighted by Gasteiger charge is 2.25. The minimum Gasteiger partial charge on any atom is -0.489 e. The van der Waals surface area contributed by atoms with Crippen LogP contribution in [0.15, 0.2) is 66.8 Å². The zero-order valence-electron chi connectivity index (χ0n) is 35.3. The summed E-state index contributed by atoms with van der Waals surface area (Å²) in [4.78, 5) is 73.7. The van der Waals surface area contributed by atoms with Gasteiger partial charge in [-0.3, -0.25) is 24.4 Å². The zero-order chi connectivity index (χ0) is 45.1. The van der Waals surface area contributed by atoms with Crippen molar-refractivity contribution >= 4 is 57.6 Å². The van der Waals surface area contributed by atoms with Gasteiger partial charge in [0.25, 0.3) is 11.8 Å². The Labute approximate surface area is 352 Å². The maximum Gasteiger partial charge on any atom is 0.328 e. The SMILES string of the molecule is COC(=O)[C@H](CCCN=C(N)N)NC(=O)COc1cc(OCC=C(C)C)cc2oc3cc(OCC=C(C)C)cc(OCC(=O)N[C@@H](CCCN=C(N)N)C(=O)OC)c3c(=O)c12. The standard InChI is InChI=1S/C41H56N8O12/c1-23(2)11-15-57-25-17-29(59-21-33(50)48-27(38(53)55-5)9-7-13-46-40(42)43)35-31(19-25)61-32-20-26(58-16-12-24(3)4)18-30(36(32)37(35)52)60-22-34(51)49-28(39(54)56-6)10-8-14-47-41(44)45/h11-12,17-20,27-28H,7-10,13-16,21-22H2,1-6H3,(H,48,50)(H,49,51)(H4,42,43,46)(H4,44,45,47)/t27-,28-/m0/s1. The second kappa shape index (κ2) is 24.2. The summed E-state index contributed by atoms with van der Waals surface area (Å²) in [5.74, 6) is -2.72. The summed E-state index contributed by atoms with van der Waals surface area (Å²) in [5, 5.41) is 4.98. The van der Waals surface area contributed by atoms with E-state index < -0.39 is 54.5 Å². The number of fused-ring (bicyclic) bond motifs is 2. The lowest BCUT2D eigenvalue weighted by Crippen LogP contribution is -2.43. The third-order valence-electron chi connectivity index (χ3n) is 8.49. The van der Waals surface area contributed by atoms with Gasteiger partial charge in [0.1, 0.15) is 70.2 Å². The van der Waals surface area contributed by atoms with Gasteiger partial charge in [-0.05, 0) is 65.5 Å². The van der Waals surface area contributed by atoms with Crippen LogP contribution in [0.25, 0.3) is 21.9 Å². The predicted octanol–water partition coefficient (Wildman–Crippen LogP) is 1.82. The van der Waals surface area contributed by atoms with Crippen LogP contribution in [0.3, 0.4) is 0 Å². The van der Waals surface area contributed by atoms with Gasteiger partial charge in [0, 0.05) is 37.4 Å². The highest BCUT2D eigenvalue weighted by molar-refractivity contribution is 5.98. The first-order chi connectivity index (χ1) is 29.0. The molecule has 20 heteroatoms. The molecule has 332 valence electrons. The quantitative estimate of drug-likeness (QED) is 0.0187. The molecule has 20 nitrogen and oxygen atoms in total. The van der Waals surface area contributed by atoms with E-state index in [0.717, 1.165) is 11.1 Å². The summed E-state index contributed by atoms with van der Waals surface area (Å²) in [6.07, 6.45) is 4.69. The van der Waals surface area contributed by atoms with Gasteiger partial charge in [-0.25, -0.2) is 9.59 Å². The van der Waals surface area contributed by atoms with E-state index in [1.54, 1.807) is 0 Å². The maximum absolute atomic E-state index is 14.5. The average molecular weight is 853 g/mol. The molecule has 0 aliphatic rings. The van der Waals surface area contributed by atoms with Crippen LogP contribution >= 0.6 is 0 Å². The summed E-state index contributed by atoms with van der Waals surface area (Å²) in [6, 6.07) is 3.76. The van der Waals surface area contributed by atoms with Gasteiger partial charge in [0.05, 0.1) is 14.2 Å². The molecule has 0 fully saturated rings. The van der Waals surface area contributed by atoms with Gasteiger partial charge in [0.2, 0.25) is 5.43 Å². The van der Waals surface area contributed by atoms with Crippen LogP contribution in [0, 0.1) is 0 Å². The van der Waals surface area contributed by atoms with Crippen LogP contribution in [-0.2, 0) is 28.7 Å². The first-order valence-corrected chi connectivity index (χ1v) is 19.2. The number of allylic oxidation sites excluding steroid dienone is 2. The van der Waals surface area contributed by atoms with Crippen molar-refractivity contribution in [3.63, 3.8) is 0 Å². The molecule has 2 aromatic carbocycles. The molecule has 0 unspecified atom stereocenters. The molecule has 10 N–H and O–H groups in total. The Morgan fingerprint density at radius 2 is 1.05 bits per heavy atom. The fraction of sp³-hybridized carbons (Fsp3) is 0.439. The van der Waals surface area contributed by atoms with Gasteiger partial charge in [-0.15, -0.1) is 0 Å². The van der Waals surface area contributed by atoms with Crippen molar-refractivity contribution in [2.75, 3.05) is 53.7 Å². The third-order valence-corrected chi connectivity index (χ3v) is 8.49. The van der Waals surface area contributed by atoms with Crippen molar-refractivity contribution < 1.29 is 52.0 Å². The van der Waals surface area contributed by atoms with Crippen LogP contribution in [0.2, 0.25) is 0 Å². The minimum absolute atomic E-state index is 0.0292. The Morgan fingerprint density at radius 3 is 1.39 bits per heavy atom. The monoisotopic (exact) mass is 852 g/mol. The Morgan fingerprint density at radius 1 is 0.656 bits per heavy atom. The average Bonchev–Trinajstić information content (AvgIpc) is 3.19. The first kappa shape index (κ1) is 48.4. The highest BCUT2D eigenvalue weighted by Crippen LogP contribution is 2.36. The Bertz CT molecular complexity index is 2050. The summed E-state index contributed by atoms with van der Waals surface area (Å²) < 4.78 is 39.7. The predicted molar refractivity (Wildman–Crippen MR) is 229 cm³/mol. The second-order valence-corrected chi connectivity index (χ2v) is 14.0. The number of nitrogens with zero attached hydrogens (tertiary/aromatic N) is 2. The molecule has 0 bridgehead atoms. The Hall–Kier alpha value is -6.99. The first-order valence-electron chi connectivity index (χ1n) is 19.2. The molecule has 0 saturated carbocycles. The fourth-order valence-electron chi connectivity index (χ4n) is 5.54. The Kier molecular flexibility index (Phi) is 19.2. The Balaban J connectivity index is 2.07. The second-order valence-electron chi connectivity index (χ2n) is 14.0. The maximum atomic E-state index is 14.5. The van der Waals surface area contributed by atoms with E-state index in [0.29, 0.717) is 12.8 Å². The molecule has 61 heavy (non-hydrogen) atoms. The van der Waals surface area contributed by atoms with Gasteiger partial charge in [-0.2, -0.15) is 0 Å². The molecule has 0 spiro atoms. The molecule has 2 amide bonds. The van der Waals surface area contributed by atoms with Crippen LogP contribution in [0.5, 0.6) is 23.0 Å². The number of methoxy groups -OCH3 is 2. The number of benzene rings is 2. The largest absolute Gasteiger partial charge is 0.489 e. The number of carbonyl (C=O) groups excluding carboxylic acids is 4. The number of nitrogens with one attached hydrogen (secondary N) is 2. The number of rotatable bonds is 24. The lowest BCUT2D eigenvalue weighted by Gasteiger charge is -2.18. The fourth-order valence-corrected chi connectivity index (χ4v) is 5.54. The van der Waals surface area contributed by atoms with Gasteiger partial charge < -0.3 is 66.4 Å². The molecule has 1 aromatic heterocycles. The molecule has 0 saturated heterocycles. The van der Waals surface area contributed by atoms with Crippen LogP contribution in [0.4, 0.5) is 0 Å². The molecule has 2 atom stereocenters.